The molecule has 162 valence electrons. The maximum Gasteiger partial charge on any atom is 0.0715 e. The van der Waals surface area contributed by atoms with Crippen molar-refractivity contribution >= 4 is 24.3 Å². The Hall–Kier alpha value is -4.49. The van der Waals surface area contributed by atoms with Crippen molar-refractivity contribution < 1.29 is 0 Å². The van der Waals surface area contributed by atoms with E-state index >= 15 is 0 Å². The highest BCUT2D eigenvalue weighted by Gasteiger charge is 2.08. The molecule has 0 atom stereocenters. The fourth-order valence-electron chi connectivity index (χ4n) is 3.99. The molecule has 5 aromatic rings. The number of hydrogen-bond acceptors (Lipinski definition) is 1. The minimum Gasteiger partial charge on any atom is -0.248 e. The molecule has 0 bridgehead atoms. The Morgan fingerprint density at radius 2 is 0.765 bits per heavy atom. The van der Waals surface area contributed by atoms with Gasteiger partial charge in [-0.3, -0.25) is 0 Å². The second-order valence-electron chi connectivity index (χ2n) is 8.07. The molecule has 1 aromatic heterocycles. The van der Waals surface area contributed by atoms with Crippen molar-refractivity contribution in [3.63, 3.8) is 0 Å². The smallest absolute Gasteiger partial charge is 0.0715 e. The predicted molar refractivity (Wildman–Crippen MR) is 146 cm³/mol. The van der Waals surface area contributed by atoms with Crippen LogP contribution in [0, 0.1) is 0 Å². The second-order valence-corrected chi connectivity index (χ2v) is 8.07. The number of pyridine rings is 1. The van der Waals surface area contributed by atoms with Gasteiger partial charge in [-0.05, 0) is 34.4 Å². The van der Waals surface area contributed by atoms with E-state index in [1.165, 1.54) is 11.1 Å². The standard InChI is InChI=1S/C33H25N/c1-3-12-26(13-4-1)22-24-28-16-7-9-18-30(28)32-20-11-21-33(34-32)31-19-10-8-17-29(31)25-23-27-14-5-2-6-15-27/h1-25H/b24-22+,25-23+. The molecule has 0 spiro atoms. The summed E-state index contributed by atoms with van der Waals surface area (Å²) in [5.41, 5.74) is 8.82. The maximum absolute atomic E-state index is 5.08. The molecule has 0 unspecified atom stereocenters. The van der Waals surface area contributed by atoms with Gasteiger partial charge in [-0.15, -0.1) is 0 Å². The van der Waals surface area contributed by atoms with Crippen molar-refractivity contribution in [2.24, 2.45) is 0 Å². The van der Waals surface area contributed by atoms with E-state index in [9.17, 15) is 0 Å². The van der Waals surface area contributed by atoms with Crippen LogP contribution in [0.4, 0.5) is 0 Å². The van der Waals surface area contributed by atoms with Gasteiger partial charge < -0.3 is 0 Å². The molecule has 1 nitrogen and oxygen atoms in total. The first-order valence-corrected chi connectivity index (χ1v) is 11.5. The number of nitrogens with zero attached hydrogens (tertiary/aromatic N) is 1. The predicted octanol–water partition coefficient (Wildman–Crippen LogP) is 8.76. The van der Waals surface area contributed by atoms with Crippen LogP contribution in [0.1, 0.15) is 22.3 Å². The van der Waals surface area contributed by atoms with Crippen LogP contribution in [-0.2, 0) is 0 Å². The van der Waals surface area contributed by atoms with Crippen molar-refractivity contribution in [2.75, 3.05) is 0 Å². The van der Waals surface area contributed by atoms with E-state index in [4.69, 9.17) is 4.98 Å². The van der Waals surface area contributed by atoms with Gasteiger partial charge in [0.25, 0.3) is 0 Å². The van der Waals surface area contributed by atoms with Crippen molar-refractivity contribution in [1.29, 1.82) is 0 Å². The van der Waals surface area contributed by atoms with Gasteiger partial charge in [-0.25, -0.2) is 4.98 Å². The van der Waals surface area contributed by atoms with E-state index in [0.717, 1.165) is 33.6 Å². The highest BCUT2D eigenvalue weighted by molar-refractivity contribution is 5.82. The van der Waals surface area contributed by atoms with Gasteiger partial charge in [0, 0.05) is 11.1 Å². The average Bonchev–Trinajstić information content (AvgIpc) is 2.92. The van der Waals surface area contributed by atoms with Gasteiger partial charge in [-0.1, -0.05) is 140 Å². The molecule has 1 heteroatoms. The summed E-state index contributed by atoms with van der Waals surface area (Å²) in [7, 11) is 0. The Morgan fingerprint density at radius 3 is 1.24 bits per heavy atom. The molecule has 0 aliphatic rings. The third-order valence-corrected chi connectivity index (χ3v) is 5.73. The fraction of sp³-hybridized carbons (Fsp3) is 0. The van der Waals surface area contributed by atoms with Crippen LogP contribution in [0.15, 0.2) is 127 Å². The molecule has 4 aromatic carbocycles. The summed E-state index contributed by atoms with van der Waals surface area (Å²) in [6.07, 6.45) is 8.61. The normalized spacial score (nSPS) is 11.3. The Balaban J connectivity index is 1.50. The van der Waals surface area contributed by atoms with E-state index in [-0.39, 0.29) is 0 Å². The number of rotatable bonds is 6. The molecule has 34 heavy (non-hydrogen) atoms. The molecular weight excluding hydrogens is 410 g/mol. The largest absolute Gasteiger partial charge is 0.248 e. The molecule has 1 heterocycles. The van der Waals surface area contributed by atoms with Gasteiger partial charge >= 0.3 is 0 Å². The lowest BCUT2D eigenvalue weighted by Gasteiger charge is -2.10. The van der Waals surface area contributed by atoms with Crippen LogP contribution < -0.4 is 0 Å². The summed E-state index contributed by atoms with van der Waals surface area (Å²) in [6, 6.07) is 43.8. The van der Waals surface area contributed by atoms with E-state index in [1.54, 1.807) is 0 Å². The zero-order valence-corrected chi connectivity index (χ0v) is 18.9. The summed E-state index contributed by atoms with van der Waals surface area (Å²) < 4.78 is 0. The zero-order valence-electron chi connectivity index (χ0n) is 18.9. The van der Waals surface area contributed by atoms with Crippen LogP contribution in [0.5, 0.6) is 0 Å². The second kappa shape index (κ2) is 10.4. The van der Waals surface area contributed by atoms with Crippen molar-refractivity contribution in [2.45, 2.75) is 0 Å². The number of hydrogen-bond donors (Lipinski definition) is 0. The topological polar surface area (TPSA) is 12.9 Å². The van der Waals surface area contributed by atoms with Crippen LogP contribution >= 0.6 is 0 Å². The van der Waals surface area contributed by atoms with E-state index in [0.29, 0.717) is 0 Å². The maximum atomic E-state index is 5.08. The summed E-state index contributed by atoms with van der Waals surface area (Å²) in [4.78, 5) is 5.08. The van der Waals surface area contributed by atoms with Crippen LogP contribution in [0.3, 0.4) is 0 Å². The molecule has 0 radical (unpaired) electrons. The monoisotopic (exact) mass is 435 g/mol. The Morgan fingerprint density at radius 1 is 0.353 bits per heavy atom. The summed E-state index contributed by atoms with van der Waals surface area (Å²) in [5, 5.41) is 0. The van der Waals surface area contributed by atoms with Gasteiger partial charge in [0.15, 0.2) is 0 Å². The highest BCUT2D eigenvalue weighted by Crippen LogP contribution is 2.29. The molecule has 0 saturated carbocycles. The first kappa shape index (κ1) is 21.4. The lowest BCUT2D eigenvalue weighted by atomic mass is 10.00. The van der Waals surface area contributed by atoms with E-state index in [1.807, 2.05) is 12.1 Å². The molecule has 0 saturated heterocycles. The molecular formula is C33H25N. The summed E-state index contributed by atoms with van der Waals surface area (Å²) in [5.74, 6) is 0. The minimum absolute atomic E-state index is 0.965. The van der Waals surface area contributed by atoms with Gasteiger partial charge in [-0.2, -0.15) is 0 Å². The van der Waals surface area contributed by atoms with Gasteiger partial charge in [0.05, 0.1) is 11.4 Å². The highest BCUT2D eigenvalue weighted by atomic mass is 14.7. The quantitative estimate of drug-likeness (QED) is 0.243. The summed E-state index contributed by atoms with van der Waals surface area (Å²) >= 11 is 0. The first-order valence-electron chi connectivity index (χ1n) is 11.5. The molecule has 0 aliphatic carbocycles. The minimum atomic E-state index is 0.965. The van der Waals surface area contributed by atoms with Crippen molar-refractivity contribution in [3.8, 4) is 22.5 Å². The Labute approximate surface area is 201 Å². The van der Waals surface area contributed by atoms with Crippen molar-refractivity contribution in [3.05, 3.63) is 150 Å². The summed E-state index contributed by atoms with van der Waals surface area (Å²) in [6.45, 7) is 0. The first-order chi connectivity index (χ1) is 16.9. The van der Waals surface area contributed by atoms with Crippen LogP contribution in [-0.4, -0.2) is 4.98 Å². The van der Waals surface area contributed by atoms with Gasteiger partial charge in [0.1, 0.15) is 0 Å². The molecule has 0 amide bonds. The third kappa shape index (κ3) is 5.11. The molecule has 0 fully saturated rings. The Bertz CT molecular complexity index is 1320. The van der Waals surface area contributed by atoms with Crippen molar-refractivity contribution in [1.82, 2.24) is 4.98 Å². The fourth-order valence-corrected chi connectivity index (χ4v) is 3.99. The third-order valence-electron chi connectivity index (χ3n) is 5.73. The molecule has 5 rings (SSSR count). The zero-order chi connectivity index (χ0) is 23.0. The van der Waals surface area contributed by atoms with Crippen LogP contribution in [0.25, 0.3) is 46.8 Å². The SMILES string of the molecule is C(=C\c1ccccc1-c1cccc(-c2ccccc2/C=C/c2ccccc2)n1)/c1ccccc1. The van der Waals surface area contributed by atoms with Crippen LogP contribution in [0.2, 0.25) is 0 Å². The lowest BCUT2D eigenvalue weighted by Crippen LogP contribution is -1.91. The van der Waals surface area contributed by atoms with E-state index < -0.39 is 0 Å². The number of benzene rings is 4. The van der Waals surface area contributed by atoms with E-state index in [2.05, 4.69) is 140 Å². The average molecular weight is 436 g/mol. The lowest BCUT2D eigenvalue weighted by molar-refractivity contribution is 1.32. The molecule has 0 N–H and O–H groups in total. The molecule has 0 aliphatic heterocycles. The Kier molecular flexibility index (Phi) is 6.54. The number of aromatic nitrogens is 1. The van der Waals surface area contributed by atoms with Gasteiger partial charge in [0.2, 0.25) is 0 Å².